The lowest BCUT2D eigenvalue weighted by Gasteiger charge is -2.41. The highest BCUT2D eigenvalue weighted by Gasteiger charge is 2.43. The van der Waals surface area contributed by atoms with Gasteiger partial charge in [-0.1, -0.05) is 0 Å². The highest BCUT2D eigenvalue weighted by molar-refractivity contribution is 4.90. The van der Waals surface area contributed by atoms with E-state index in [0.29, 0.717) is 6.42 Å². The molecule has 0 aromatic carbocycles. The van der Waals surface area contributed by atoms with Gasteiger partial charge in [-0.15, -0.1) is 0 Å². The molecule has 0 aromatic heterocycles. The summed E-state index contributed by atoms with van der Waals surface area (Å²) < 4.78 is 10.2. The summed E-state index contributed by atoms with van der Waals surface area (Å²) in [7, 11) is 1.52. The lowest BCUT2D eigenvalue weighted by molar-refractivity contribution is -0.264. The first-order valence-electron chi connectivity index (χ1n) is 4.06. The van der Waals surface area contributed by atoms with Crippen molar-refractivity contribution in [3.05, 3.63) is 0 Å². The fourth-order valence-corrected chi connectivity index (χ4v) is 1.46. The normalized spacial score (nSPS) is 49.2. The lowest BCUT2D eigenvalue weighted by atomic mass is 9.89. The minimum absolute atomic E-state index is 0.301. The first kappa shape index (κ1) is 9.92. The van der Waals surface area contributed by atoms with Gasteiger partial charge in [0.05, 0.1) is 11.7 Å². The molecule has 0 radical (unpaired) electrons. The number of rotatable bonds is 1. The third-order valence-electron chi connectivity index (χ3n) is 2.29. The second kappa shape index (κ2) is 3.30. The van der Waals surface area contributed by atoms with Crippen molar-refractivity contribution < 1.29 is 19.7 Å². The van der Waals surface area contributed by atoms with Gasteiger partial charge in [0.2, 0.25) is 0 Å². The maximum absolute atomic E-state index is 9.70. The molecule has 4 atom stereocenters. The zero-order valence-electron chi connectivity index (χ0n) is 7.65. The third-order valence-corrected chi connectivity index (χ3v) is 2.29. The second-order valence-corrected chi connectivity index (χ2v) is 3.51. The largest absolute Gasteiger partial charge is 0.387 e. The quantitative estimate of drug-likeness (QED) is 0.584. The van der Waals surface area contributed by atoms with E-state index in [2.05, 4.69) is 0 Å². The van der Waals surface area contributed by atoms with Crippen molar-refractivity contribution in [3.63, 3.8) is 0 Å². The molecule has 0 aromatic rings. The van der Waals surface area contributed by atoms with Crippen LogP contribution in [0.3, 0.4) is 0 Å². The van der Waals surface area contributed by atoms with Crippen molar-refractivity contribution in [2.75, 3.05) is 7.11 Å². The first-order chi connectivity index (χ1) is 5.47. The smallest absolute Gasteiger partial charge is 0.160 e. The summed E-state index contributed by atoms with van der Waals surface area (Å²) in [6.45, 7) is 3.30. The molecule has 1 aliphatic heterocycles. The number of aliphatic hydroxyl groups is 2. The predicted molar refractivity (Wildman–Crippen MR) is 42.6 cm³/mol. The highest BCUT2D eigenvalue weighted by Crippen LogP contribution is 2.28. The Labute approximate surface area is 72.1 Å². The number of hydrogen-bond donors (Lipinski definition) is 2. The van der Waals surface area contributed by atoms with Gasteiger partial charge >= 0.3 is 0 Å². The van der Waals surface area contributed by atoms with Crippen LogP contribution < -0.4 is 0 Å². The maximum Gasteiger partial charge on any atom is 0.160 e. The molecule has 0 bridgehead atoms. The molecule has 1 saturated heterocycles. The van der Waals surface area contributed by atoms with Crippen molar-refractivity contribution >= 4 is 0 Å². The highest BCUT2D eigenvalue weighted by atomic mass is 16.7. The summed E-state index contributed by atoms with van der Waals surface area (Å²) >= 11 is 0. The predicted octanol–water partition coefficient (Wildman–Crippen LogP) is -0.120. The van der Waals surface area contributed by atoms with Crippen LogP contribution >= 0.6 is 0 Å². The monoisotopic (exact) mass is 176 g/mol. The van der Waals surface area contributed by atoms with Gasteiger partial charge in [-0.3, -0.25) is 0 Å². The molecule has 2 N–H and O–H groups in total. The average molecular weight is 176 g/mol. The molecule has 0 unspecified atom stereocenters. The minimum Gasteiger partial charge on any atom is -0.387 e. The summed E-state index contributed by atoms with van der Waals surface area (Å²) in [6, 6.07) is 0. The van der Waals surface area contributed by atoms with Gasteiger partial charge < -0.3 is 19.7 Å². The summed E-state index contributed by atoms with van der Waals surface area (Å²) in [4.78, 5) is 0. The van der Waals surface area contributed by atoms with Crippen LogP contribution in [0, 0.1) is 0 Å². The van der Waals surface area contributed by atoms with Crippen molar-refractivity contribution in [1.29, 1.82) is 0 Å². The van der Waals surface area contributed by atoms with Crippen LogP contribution in [0.1, 0.15) is 20.3 Å². The van der Waals surface area contributed by atoms with E-state index in [4.69, 9.17) is 9.47 Å². The van der Waals surface area contributed by atoms with Gasteiger partial charge in [-0.2, -0.15) is 0 Å². The van der Waals surface area contributed by atoms with Gasteiger partial charge in [0.15, 0.2) is 6.29 Å². The zero-order valence-corrected chi connectivity index (χ0v) is 7.65. The molecular formula is C8H16O4. The van der Waals surface area contributed by atoms with Crippen molar-refractivity contribution in [2.24, 2.45) is 0 Å². The van der Waals surface area contributed by atoms with E-state index in [1.807, 2.05) is 0 Å². The molecule has 4 nitrogen and oxygen atoms in total. The molecule has 1 rings (SSSR count). The number of ether oxygens (including phenoxy) is 2. The Hall–Kier alpha value is -0.160. The SMILES string of the molecule is CO[C@H]1C[C@@](C)(O)[C@H](O)[C@@H](C)O1. The molecule has 1 aliphatic rings. The fraction of sp³-hybridized carbons (Fsp3) is 1.00. The van der Waals surface area contributed by atoms with Crippen molar-refractivity contribution in [1.82, 2.24) is 0 Å². The fourth-order valence-electron chi connectivity index (χ4n) is 1.46. The van der Waals surface area contributed by atoms with Crippen molar-refractivity contribution in [2.45, 2.75) is 44.4 Å². The van der Waals surface area contributed by atoms with Crippen LogP contribution in [0.25, 0.3) is 0 Å². The first-order valence-corrected chi connectivity index (χ1v) is 4.06. The molecule has 0 aliphatic carbocycles. The van der Waals surface area contributed by atoms with E-state index in [1.54, 1.807) is 13.8 Å². The van der Waals surface area contributed by atoms with Gasteiger partial charge in [-0.05, 0) is 13.8 Å². The van der Waals surface area contributed by atoms with Crippen LogP contribution in [-0.2, 0) is 9.47 Å². The van der Waals surface area contributed by atoms with Gasteiger partial charge in [0.25, 0.3) is 0 Å². The van der Waals surface area contributed by atoms with E-state index in [1.165, 1.54) is 7.11 Å². The Kier molecular flexibility index (Phi) is 2.73. The van der Waals surface area contributed by atoms with Crippen LogP contribution in [0.4, 0.5) is 0 Å². The van der Waals surface area contributed by atoms with E-state index in [9.17, 15) is 10.2 Å². The van der Waals surface area contributed by atoms with E-state index in [0.717, 1.165) is 0 Å². The molecule has 12 heavy (non-hydrogen) atoms. The lowest BCUT2D eigenvalue weighted by Crippen LogP contribution is -2.54. The molecule has 0 amide bonds. The standard InChI is InChI=1S/C8H16O4/c1-5-7(9)8(2,10)4-6(11-3)12-5/h5-7,9-10H,4H2,1-3H3/t5-,6-,7-,8-/m1/s1. The summed E-state index contributed by atoms with van der Waals surface area (Å²) in [5.41, 5.74) is -1.11. The number of methoxy groups -OCH3 is 1. The van der Waals surface area contributed by atoms with E-state index >= 15 is 0 Å². The zero-order chi connectivity index (χ0) is 9.35. The average Bonchev–Trinajstić information content (AvgIpc) is 1.99. The Morgan fingerprint density at radius 2 is 2.17 bits per heavy atom. The molecule has 72 valence electrons. The third kappa shape index (κ3) is 1.77. The second-order valence-electron chi connectivity index (χ2n) is 3.51. The summed E-state index contributed by atoms with van der Waals surface area (Å²) in [5, 5.41) is 19.2. The van der Waals surface area contributed by atoms with Crippen LogP contribution in [-0.4, -0.2) is 41.4 Å². The van der Waals surface area contributed by atoms with Crippen LogP contribution in [0.2, 0.25) is 0 Å². The summed E-state index contributed by atoms with van der Waals surface area (Å²) in [5.74, 6) is 0. The van der Waals surface area contributed by atoms with Crippen molar-refractivity contribution in [3.8, 4) is 0 Å². The van der Waals surface area contributed by atoms with Gasteiger partial charge in [0, 0.05) is 13.5 Å². The minimum atomic E-state index is -1.11. The molecule has 1 heterocycles. The number of hydrogen-bond acceptors (Lipinski definition) is 4. The molecule has 0 saturated carbocycles. The van der Waals surface area contributed by atoms with E-state index < -0.39 is 24.1 Å². The van der Waals surface area contributed by atoms with Gasteiger partial charge in [0.1, 0.15) is 6.10 Å². The Morgan fingerprint density at radius 1 is 1.58 bits per heavy atom. The Morgan fingerprint density at radius 3 is 2.58 bits per heavy atom. The van der Waals surface area contributed by atoms with Crippen LogP contribution in [0.15, 0.2) is 0 Å². The maximum atomic E-state index is 9.70. The Bertz CT molecular complexity index is 157. The molecular weight excluding hydrogens is 160 g/mol. The number of aliphatic hydroxyl groups excluding tert-OH is 1. The van der Waals surface area contributed by atoms with E-state index in [-0.39, 0.29) is 0 Å². The van der Waals surface area contributed by atoms with Crippen LogP contribution in [0.5, 0.6) is 0 Å². The molecule has 4 heteroatoms. The van der Waals surface area contributed by atoms with Gasteiger partial charge in [-0.25, -0.2) is 0 Å². The topological polar surface area (TPSA) is 58.9 Å². The Balaban J connectivity index is 2.65. The molecule has 0 spiro atoms. The summed E-state index contributed by atoms with van der Waals surface area (Å²) in [6.07, 6.45) is -1.35. The molecule has 1 fully saturated rings.